The lowest BCUT2D eigenvalue weighted by Crippen LogP contribution is -2.36. The van der Waals surface area contributed by atoms with Crippen LogP contribution in [-0.4, -0.2) is 64.9 Å². The molecule has 3 aromatic rings. The molecule has 0 atom stereocenters. The predicted molar refractivity (Wildman–Crippen MR) is 114 cm³/mol. The minimum atomic E-state index is -3.06. The Labute approximate surface area is 185 Å². The van der Waals surface area contributed by atoms with Crippen molar-refractivity contribution < 1.29 is 23.0 Å². The monoisotopic (exact) mass is 458 g/mol. The van der Waals surface area contributed by atoms with Gasteiger partial charge in [-0.15, -0.1) is 0 Å². The summed E-state index contributed by atoms with van der Waals surface area (Å²) in [6.45, 7) is 0.00325. The number of morpholine rings is 1. The van der Waals surface area contributed by atoms with Crippen LogP contribution in [0.5, 0.6) is 5.75 Å². The molecule has 172 valence electrons. The van der Waals surface area contributed by atoms with E-state index < -0.39 is 12.5 Å². The molecule has 0 radical (unpaired) electrons. The lowest BCUT2D eigenvalue weighted by Gasteiger charge is -2.30. The number of halogens is 2. The first-order valence-electron chi connectivity index (χ1n) is 10.3. The van der Waals surface area contributed by atoms with Crippen molar-refractivity contribution in [3.8, 4) is 5.75 Å². The number of amides is 1. The molecule has 2 aliphatic heterocycles. The summed E-state index contributed by atoms with van der Waals surface area (Å²) >= 11 is 0. The van der Waals surface area contributed by atoms with Crippen LogP contribution in [0.1, 0.15) is 10.4 Å². The molecule has 11 nitrogen and oxygen atoms in total. The number of ether oxygens (including phenoxy) is 2. The number of aromatic nitrogens is 4. The molecular weight excluding hydrogens is 438 g/mol. The third-order valence-electron chi connectivity index (χ3n) is 5.40. The van der Waals surface area contributed by atoms with E-state index in [4.69, 9.17) is 15.2 Å². The maximum absolute atomic E-state index is 13.4. The van der Waals surface area contributed by atoms with Crippen LogP contribution < -0.4 is 26.3 Å². The largest absolute Gasteiger partial charge is 0.430 e. The van der Waals surface area contributed by atoms with Crippen LogP contribution in [0.2, 0.25) is 0 Å². The fourth-order valence-corrected chi connectivity index (χ4v) is 3.90. The molecule has 0 aliphatic carbocycles. The molecule has 2 aliphatic rings. The lowest BCUT2D eigenvalue weighted by molar-refractivity contribution is -0.0487. The van der Waals surface area contributed by atoms with Gasteiger partial charge in [-0.05, 0) is 12.1 Å². The first kappa shape index (κ1) is 21.0. The Bertz CT molecular complexity index is 1270. The highest BCUT2D eigenvalue weighted by Crippen LogP contribution is 2.39. The van der Waals surface area contributed by atoms with E-state index in [0.29, 0.717) is 56.3 Å². The van der Waals surface area contributed by atoms with Crippen LogP contribution in [0.15, 0.2) is 29.5 Å². The Kier molecular flexibility index (Phi) is 5.46. The van der Waals surface area contributed by atoms with Gasteiger partial charge in [0.2, 0.25) is 11.6 Å². The number of nitrogen functional groups attached to an aromatic ring is 1. The quantitative estimate of drug-likeness (QED) is 0.588. The van der Waals surface area contributed by atoms with Crippen molar-refractivity contribution in [2.45, 2.75) is 13.2 Å². The van der Waals surface area contributed by atoms with Gasteiger partial charge in [0.05, 0.1) is 24.5 Å². The SMILES string of the molecule is Nc1ncc(C(=O)N=c2nc3c(OC(F)F)c(N4CCOCC4)ccc3c3n2CCN3)cn1. The average molecular weight is 458 g/mol. The summed E-state index contributed by atoms with van der Waals surface area (Å²) in [5.74, 6) is -0.0580. The van der Waals surface area contributed by atoms with E-state index in [1.807, 2.05) is 4.90 Å². The van der Waals surface area contributed by atoms with E-state index in [9.17, 15) is 13.6 Å². The number of nitrogens with zero attached hydrogens (tertiary/aromatic N) is 6. The number of carbonyl (C=O) groups is 1. The first-order chi connectivity index (χ1) is 16.0. The molecule has 0 spiro atoms. The first-order valence-corrected chi connectivity index (χ1v) is 10.3. The Balaban J connectivity index is 1.70. The summed E-state index contributed by atoms with van der Waals surface area (Å²) < 4.78 is 38.9. The zero-order chi connectivity index (χ0) is 22.9. The number of hydrogen-bond donors (Lipinski definition) is 2. The van der Waals surface area contributed by atoms with E-state index in [1.54, 1.807) is 16.7 Å². The van der Waals surface area contributed by atoms with Crippen molar-refractivity contribution in [3.05, 3.63) is 35.7 Å². The van der Waals surface area contributed by atoms with Crippen molar-refractivity contribution in [3.63, 3.8) is 0 Å². The number of alkyl halides is 2. The Morgan fingerprint density at radius 1 is 1.21 bits per heavy atom. The van der Waals surface area contributed by atoms with Crippen LogP contribution in [0, 0.1) is 0 Å². The van der Waals surface area contributed by atoms with Gasteiger partial charge in [-0.3, -0.25) is 9.36 Å². The second-order valence-electron chi connectivity index (χ2n) is 7.37. The molecule has 4 heterocycles. The van der Waals surface area contributed by atoms with Gasteiger partial charge in [-0.1, -0.05) is 0 Å². The summed E-state index contributed by atoms with van der Waals surface area (Å²) in [4.78, 5) is 30.8. The van der Waals surface area contributed by atoms with E-state index in [-0.39, 0.29) is 28.4 Å². The van der Waals surface area contributed by atoms with Gasteiger partial charge >= 0.3 is 6.61 Å². The summed E-state index contributed by atoms with van der Waals surface area (Å²) in [5.41, 5.74) is 6.31. The van der Waals surface area contributed by atoms with Crippen LogP contribution in [0.4, 0.5) is 26.2 Å². The molecule has 13 heteroatoms. The molecule has 2 aromatic heterocycles. The molecule has 1 fully saturated rings. The van der Waals surface area contributed by atoms with Crippen LogP contribution in [-0.2, 0) is 11.3 Å². The van der Waals surface area contributed by atoms with Gasteiger partial charge in [0, 0.05) is 44.0 Å². The molecule has 0 bridgehead atoms. The van der Waals surface area contributed by atoms with E-state index in [2.05, 4.69) is 25.3 Å². The number of fused-ring (bicyclic) bond motifs is 3. The van der Waals surface area contributed by atoms with Gasteiger partial charge in [0.1, 0.15) is 11.3 Å². The second-order valence-corrected chi connectivity index (χ2v) is 7.37. The van der Waals surface area contributed by atoms with E-state index in [1.165, 1.54) is 12.4 Å². The fourth-order valence-electron chi connectivity index (χ4n) is 3.90. The molecule has 1 saturated heterocycles. The third kappa shape index (κ3) is 4.02. The summed E-state index contributed by atoms with van der Waals surface area (Å²) in [5, 5.41) is 3.80. The molecule has 1 amide bonds. The van der Waals surface area contributed by atoms with E-state index >= 15 is 0 Å². The molecule has 5 rings (SSSR count). The number of nitrogens with two attached hydrogens (primary N) is 1. The van der Waals surface area contributed by atoms with E-state index in [0.717, 1.165) is 0 Å². The summed E-state index contributed by atoms with van der Waals surface area (Å²) in [6.07, 6.45) is 2.53. The lowest BCUT2D eigenvalue weighted by atomic mass is 10.1. The minimum absolute atomic E-state index is 0.0271. The summed E-state index contributed by atoms with van der Waals surface area (Å²) in [6, 6.07) is 3.54. The highest BCUT2D eigenvalue weighted by atomic mass is 19.3. The fraction of sp³-hybridized carbons (Fsp3) is 0.350. The van der Waals surface area contributed by atoms with Crippen LogP contribution in [0.3, 0.4) is 0 Å². The number of anilines is 3. The molecule has 33 heavy (non-hydrogen) atoms. The van der Waals surface area contributed by atoms with Crippen molar-refractivity contribution in [2.24, 2.45) is 4.99 Å². The van der Waals surface area contributed by atoms with Gasteiger partial charge in [-0.25, -0.2) is 15.0 Å². The molecule has 0 saturated carbocycles. The topological polar surface area (TPSA) is 133 Å². The number of nitrogens with one attached hydrogen (secondary N) is 1. The molecule has 3 N–H and O–H groups in total. The number of benzene rings is 1. The Morgan fingerprint density at radius 2 is 1.97 bits per heavy atom. The number of hydrogen-bond acceptors (Lipinski definition) is 9. The maximum Gasteiger partial charge on any atom is 0.387 e. The van der Waals surface area contributed by atoms with Crippen LogP contribution in [0.25, 0.3) is 10.9 Å². The Hall–Kier alpha value is -3.87. The average Bonchev–Trinajstić information content (AvgIpc) is 3.31. The third-order valence-corrected chi connectivity index (χ3v) is 5.40. The zero-order valence-electron chi connectivity index (χ0n) is 17.4. The highest BCUT2D eigenvalue weighted by molar-refractivity contribution is 5.98. The van der Waals surface area contributed by atoms with Crippen molar-refractivity contribution in [2.75, 3.05) is 48.8 Å². The van der Waals surface area contributed by atoms with Crippen LogP contribution >= 0.6 is 0 Å². The van der Waals surface area contributed by atoms with Gasteiger partial charge in [0.25, 0.3) is 5.91 Å². The normalized spacial score (nSPS) is 16.2. The molecule has 1 aromatic carbocycles. The molecular formula is C20H20F2N8O3. The maximum atomic E-state index is 13.4. The highest BCUT2D eigenvalue weighted by Gasteiger charge is 2.25. The molecule has 0 unspecified atom stereocenters. The summed E-state index contributed by atoms with van der Waals surface area (Å²) in [7, 11) is 0. The van der Waals surface area contributed by atoms with Crippen molar-refractivity contribution in [1.29, 1.82) is 0 Å². The standard InChI is InChI=1S/C20H20F2N8O3/c21-18(22)33-15-13(29-5-7-32-8-6-29)2-1-12-14(15)27-20(30-4-3-24-16(12)30)28-17(31)11-9-25-19(23)26-10-11/h1-2,9-10,18,24H,3-8H2,(H2,23,25,26). The number of carbonyl (C=O) groups excluding carboxylic acids is 1. The van der Waals surface area contributed by atoms with Gasteiger partial charge < -0.3 is 25.4 Å². The van der Waals surface area contributed by atoms with Gasteiger partial charge in [-0.2, -0.15) is 13.8 Å². The second kappa shape index (κ2) is 8.58. The van der Waals surface area contributed by atoms with Gasteiger partial charge in [0.15, 0.2) is 5.75 Å². The smallest absolute Gasteiger partial charge is 0.387 e. The number of rotatable bonds is 4. The Morgan fingerprint density at radius 3 is 2.70 bits per heavy atom. The van der Waals surface area contributed by atoms with Crippen molar-refractivity contribution in [1.82, 2.24) is 19.5 Å². The predicted octanol–water partition coefficient (Wildman–Crippen LogP) is 1.01. The zero-order valence-corrected chi connectivity index (χ0v) is 17.4. The minimum Gasteiger partial charge on any atom is -0.430 e. The van der Waals surface area contributed by atoms with Crippen molar-refractivity contribution >= 4 is 34.3 Å².